The molecule has 358 valence electrons. The van der Waals surface area contributed by atoms with E-state index >= 15 is 0 Å². The third-order valence-corrected chi connectivity index (χ3v) is 13.8. The van der Waals surface area contributed by atoms with E-state index in [1.165, 1.54) is 25.2 Å². The zero-order chi connectivity index (χ0) is 48.4. The average molecular weight is 967 g/mol. The number of carbonyl (C=O) groups excluding carboxylic acids is 2. The maximum atomic E-state index is 12.9. The number of carbonyl (C=O) groups is 2. The lowest BCUT2D eigenvalue weighted by molar-refractivity contribution is 0.0469. The Kier molecular flexibility index (Phi) is 13.5. The van der Waals surface area contributed by atoms with E-state index in [1.54, 1.807) is 70.3 Å². The molecule has 68 heavy (non-hydrogen) atoms. The van der Waals surface area contributed by atoms with Gasteiger partial charge in [0.15, 0.2) is 31.0 Å². The predicted octanol–water partition coefficient (Wildman–Crippen LogP) is 5.71. The highest BCUT2D eigenvalue weighted by Crippen LogP contribution is 2.29. The number of likely N-dealkylation sites (tertiary alicyclic amines) is 1. The second-order valence-electron chi connectivity index (χ2n) is 18.1. The summed E-state index contributed by atoms with van der Waals surface area (Å²) in [5, 5.41) is 16.7. The number of amides is 2. The molecule has 0 bridgehead atoms. The molecule has 22 heteroatoms. The van der Waals surface area contributed by atoms with E-state index in [9.17, 15) is 26.4 Å². The molecule has 0 radical (unpaired) electrons. The molecule has 7 aromatic rings. The van der Waals surface area contributed by atoms with E-state index in [0.717, 1.165) is 50.5 Å². The van der Waals surface area contributed by atoms with Crippen molar-refractivity contribution in [1.82, 2.24) is 54.3 Å². The maximum Gasteiger partial charge on any atom is 0.407 e. The van der Waals surface area contributed by atoms with Crippen molar-refractivity contribution in [3.63, 3.8) is 0 Å². The average Bonchev–Trinajstić information content (AvgIpc) is 4.06. The topological polar surface area (TPSA) is 240 Å². The Hall–Kier alpha value is -6.94. The van der Waals surface area contributed by atoms with Gasteiger partial charge >= 0.3 is 6.09 Å². The van der Waals surface area contributed by atoms with Crippen LogP contribution in [-0.4, -0.2) is 127 Å². The van der Waals surface area contributed by atoms with Crippen molar-refractivity contribution < 1.29 is 35.9 Å². The normalized spacial score (nSPS) is 17.9. The Morgan fingerprint density at radius 3 is 1.85 bits per heavy atom. The number of aryl methyl sites for hydroxylation is 1. The molecule has 6 heterocycles. The van der Waals surface area contributed by atoms with Gasteiger partial charge in [-0.25, -0.2) is 50.9 Å². The standard InChI is InChI=1S/C23H25N7O3S.C23H29N5O5S/c1-28-11-9-16(13-28)23(31)29-10-3-4-17(14-29)27-21-20-12-26-30(22(20)25-15-24-21)18-5-7-19(8-6-18)34(2,32)33;1-23(2,3)33-22(29)27-15-5-9-17(10-6-15)32-21-19-13-26-28(20(19)24-14-25-21)16-7-11-18(12-8-16)34(4,30)31/h5-9,11-13,15,17H,3-4,10,14H2,1-2H3,(H,24,25,27);7-8,11-15,17H,5-6,9-10H2,1-4H3,(H,27,29). The molecule has 2 aliphatic rings. The van der Waals surface area contributed by atoms with Gasteiger partial charge in [-0.1, -0.05) is 0 Å². The first-order valence-electron chi connectivity index (χ1n) is 22.1. The first-order chi connectivity index (χ1) is 32.3. The summed E-state index contributed by atoms with van der Waals surface area (Å²) in [4.78, 5) is 44.7. The van der Waals surface area contributed by atoms with Crippen LogP contribution in [0.1, 0.15) is 69.7 Å². The van der Waals surface area contributed by atoms with Gasteiger partial charge in [-0.15, -0.1) is 0 Å². The molecule has 1 atom stereocenters. The van der Waals surface area contributed by atoms with Crippen molar-refractivity contribution in [2.45, 2.75) is 92.9 Å². The van der Waals surface area contributed by atoms with Crippen LogP contribution in [0.3, 0.4) is 0 Å². The summed E-state index contributed by atoms with van der Waals surface area (Å²) < 4.78 is 63.6. The van der Waals surface area contributed by atoms with Gasteiger partial charge in [0.1, 0.15) is 35.6 Å². The van der Waals surface area contributed by atoms with E-state index < -0.39 is 31.4 Å². The SMILES string of the molecule is CC(C)(C)OC(=O)NC1CCC(Oc2ncnc3c2cnn3-c2ccc(S(C)(=O)=O)cc2)CC1.Cn1ccc(C(=O)N2CCCC(Nc3ncnc4c3cnn4-c3ccc(S(C)(=O)=O)cc3)C2)c1. The number of anilines is 1. The molecular weight excluding hydrogens is 913 g/mol. The minimum absolute atomic E-state index is 0.0327. The van der Waals surface area contributed by atoms with Crippen LogP contribution in [0.2, 0.25) is 0 Å². The molecule has 2 amide bonds. The minimum atomic E-state index is -3.28. The molecule has 1 aliphatic carbocycles. The fourth-order valence-electron chi connectivity index (χ4n) is 8.16. The summed E-state index contributed by atoms with van der Waals surface area (Å²) in [5.41, 5.74) is 2.72. The van der Waals surface area contributed by atoms with Gasteiger partial charge < -0.3 is 29.6 Å². The van der Waals surface area contributed by atoms with Crippen molar-refractivity contribution in [3.05, 3.63) is 97.6 Å². The van der Waals surface area contributed by atoms with Gasteiger partial charge in [0, 0.05) is 57.1 Å². The van der Waals surface area contributed by atoms with Crippen LogP contribution in [0, 0.1) is 0 Å². The monoisotopic (exact) mass is 966 g/mol. The van der Waals surface area contributed by atoms with Crippen LogP contribution in [0.15, 0.2) is 102 Å². The summed E-state index contributed by atoms with van der Waals surface area (Å²) >= 11 is 0. The van der Waals surface area contributed by atoms with E-state index in [0.29, 0.717) is 51.9 Å². The van der Waals surface area contributed by atoms with Crippen LogP contribution in [0.5, 0.6) is 5.88 Å². The molecule has 1 unspecified atom stereocenters. The highest BCUT2D eigenvalue weighted by atomic mass is 32.2. The summed E-state index contributed by atoms with van der Waals surface area (Å²) in [7, 11) is -4.65. The van der Waals surface area contributed by atoms with E-state index in [-0.39, 0.29) is 33.9 Å². The Labute approximate surface area is 393 Å². The second-order valence-corrected chi connectivity index (χ2v) is 22.1. The van der Waals surface area contributed by atoms with Crippen LogP contribution in [-0.2, 0) is 31.5 Å². The first-order valence-corrected chi connectivity index (χ1v) is 25.9. The fraction of sp³-hybridized carbons (Fsp3) is 0.391. The van der Waals surface area contributed by atoms with E-state index in [2.05, 4.69) is 40.8 Å². The Bertz CT molecular complexity index is 3160. The first kappa shape index (κ1) is 47.5. The number of hydrogen-bond acceptors (Lipinski definition) is 15. The fourth-order valence-corrected chi connectivity index (χ4v) is 9.43. The zero-order valence-corrected chi connectivity index (χ0v) is 40.2. The minimum Gasteiger partial charge on any atom is -0.474 e. The van der Waals surface area contributed by atoms with Gasteiger partial charge in [-0.3, -0.25) is 4.79 Å². The van der Waals surface area contributed by atoms with Crippen LogP contribution < -0.4 is 15.4 Å². The third-order valence-electron chi connectivity index (χ3n) is 11.5. The van der Waals surface area contributed by atoms with Crippen LogP contribution >= 0.6 is 0 Å². The van der Waals surface area contributed by atoms with E-state index in [4.69, 9.17) is 9.47 Å². The third kappa shape index (κ3) is 11.2. The smallest absolute Gasteiger partial charge is 0.407 e. The summed E-state index contributed by atoms with van der Waals surface area (Å²) in [6.07, 6.45) is 16.8. The van der Waals surface area contributed by atoms with Crippen LogP contribution in [0.4, 0.5) is 10.6 Å². The van der Waals surface area contributed by atoms with Crippen molar-refractivity contribution in [2.24, 2.45) is 7.05 Å². The predicted molar refractivity (Wildman–Crippen MR) is 254 cm³/mol. The number of rotatable bonds is 10. The number of hydrogen-bond donors (Lipinski definition) is 2. The Morgan fingerprint density at radius 2 is 1.29 bits per heavy atom. The number of piperidine rings is 1. The number of aromatic nitrogens is 9. The maximum absolute atomic E-state index is 12.9. The molecule has 1 saturated carbocycles. The number of benzene rings is 2. The van der Waals surface area contributed by atoms with Gasteiger partial charge in [-0.2, -0.15) is 10.2 Å². The molecule has 9 rings (SSSR count). The molecule has 0 spiro atoms. The number of nitrogens with one attached hydrogen (secondary N) is 2. The van der Waals surface area contributed by atoms with Crippen LogP contribution in [0.25, 0.3) is 33.4 Å². The van der Waals surface area contributed by atoms with Crippen molar-refractivity contribution in [1.29, 1.82) is 0 Å². The number of nitrogens with zero attached hydrogens (tertiary/aromatic N) is 10. The Morgan fingerprint density at radius 1 is 0.721 bits per heavy atom. The molecule has 2 aromatic carbocycles. The van der Waals surface area contributed by atoms with Crippen molar-refractivity contribution in [3.8, 4) is 17.3 Å². The molecular formula is C46H54N12O8S2. The number of fused-ring (bicyclic) bond motifs is 2. The van der Waals surface area contributed by atoms with Gasteiger partial charge in [0.05, 0.1) is 44.5 Å². The molecule has 2 N–H and O–H groups in total. The molecule has 2 fully saturated rings. The van der Waals surface area contributed by atoms with Gasteiger partial charge in [0.2, 0.25) is 5.88 Å². The molecule has 5 aromatic heterocycles. The van der Waals surface area contributed by atoms with Crippen molar-refractivity contribution >= 4 is 59.6 Å². The number of ether oxygens (including phenoxy) is 2. The Balaban J connectivity index is 0.000000184. The second kappa shape index (κ2) is 19.3. The summed E-state index contributed by atoms with van der Waals surface area (Å²) in [6, 6.07) is 14.9. The van der Waals surface area contributed by atoms with Gasteiger partial charge in [0.25, 0.3) is 5.91 Å². The molecule has 1 saturated heterocycles. The zero-order valence-electron chi connectivity index (χ0n) is 38.6. The highest BCUT2D eigenvalue weighted by molar-refractivity contribution is 7.91. The molecule has 20 nitrogen and oxygen atoms in total. The quantitative estimate of drug-likeness (QED) is 0.167. The molecule has 1 aliphatic heterocycles. The van der Waals surface area contributed by atoms with Crippen molar-refractivity contribution in [2.75, 3.05) is 30.9 Å². The summed E-state index contributed by atoms with van der Waals surface area (Å²) in [5.74, 6) is 1.14. The lowest BCUT2D eigenvalue weighted by atomic mass is 9.93. The van der Waals surface area contributed by atoms with E-state index in [1.807, 2.05) is 55.7 Å². The lowest BCUT2D eigenvalue weighted by Crippen LogP contribution is -2.45. The largest absolute Gasteiger partial charge is 0.474 e. The van der Waals surface area contributed by atoms with Gasteiger partial charge in [-0.05, 0) is 114 Å². The summed E-state index contributed by atoms with van der Waals surface area (Å²) in [6.45, 7) is 6.83. The number of sulfone groups is 2. The lowest BCUT2D eigenvalue weighted by Gasteiger charge is -2.33. The highest BCUT2D eigenvalue weighted by Gasteiger charge is 2.28. The number of alkyl carbamates (subject to hydrolysis) is 1.